The molecule has 1 aliphatic rings. The third-order valence-corrected chi connectivity index (χ3v) is 4.59. The summed E-state index contributed by atoms with van der Waals surface area (Å²) < 4.78 is 5.02. The molecule has 0 spiro atoms. The second-order valence-corrected chi connectivity index (χ2v) is 5.60. The summed E-state index contributed by atoms with van der Waals surface area (Å²) in [6.07, 6.45) is 6.08. The zero-order valence-electron chi connectivity index (χ0n) is 10.6. The predicted octanol–water partition coefficient (Wildman–Crippen LogP) is 1.73. The molecule has 1 amide bonds. The van der Waals surface area contributed by atoms with Crippen LogP contribution in [0.25, 0.3) is 0 Å². The van der Waals surface area contributed by atoms with Crippen LogP contribution in [0.4, 0.5) is 0 Å². The largest absolute Gasteiger partial charge is 0.466 e. The number of nitrogens with one attached hydrogen (secondary N) is 1. The highest BCUT2D eigenvalue weighted by Crippen LogP contribution is 2.42. The molecule has 0 radical (unpaired) electrons. The molecule has 0 aromatic rings. The fraction of sp³-hybridized carbons (Fsp3) is 0.833. The maximum absolute atomic E-state index is 11.5. The molecule has 5 heteroatoms. The van der Waals surface area contributed by atoms with E-state index in [1.54, 1.807) is 6.92 Å². The molecule has 0 aromatic carbocycles. The quantitative estimate of drug-likeness (QED) is 0.707. The van der Waals surface area contributed by atoms with Crippen molar-refractivity contribution in [1.82, 2.24) is 5.32 Å². The van der Waals surface area contributed by atoms with Crippen LogP contribution in [0.5, 0.6) is 0 Å². The standard InChI is InChI=1S/C12H21NO3S/c1-3-16-11(15)6-5-10(14)13-9-12(17-2)7-4-8-12/h3-9H2,1-2H3,(H,13,14). The average molecular weight is 259 g/mol. The van der Waals surface area contributed by atoms with Crippen LogP contribution in [0.3, 0.4) is 0 Å². The summed E-state index contributed by atoms with van der Waals surface area (Å²) in [5.74, 6) is -0.357. The van der Waals surface area contributed by atoms with E-state index in [4.69, 9.17) is 4.74 Å². The number of ether oxygens (including phenoxy) is 1. The minimum atomic E-state index is -0.300. The third-order valence-electron chi connectivity index (χ3n) is 3.17. The summed E-state index contributed by atoms with van der Waals surface area (Å²) in [5.41, 5.74) is 0. The van der Waals surface area contributed by atoms with E-state index in [0.717, 1.165) is 6.54 Å². The Morgan fingerprint density at radius 1 is 1.35 bits per heavy atom. The lowest BCUT2D eigenvalue weighted by atomic mass is 9.84. The molecule has 1 rings (SSSR count). The van der Waals surface area contributed by atoms with Crippen LogP contribution < -0.4 is 5.32 Å². The van der Waals surface area contributed by atoms with Crippen molar-refractivity contribution in [3.05, 3.63) is 0 Å². The molecule has 0 aliphatic heterocycles. The highest BCUT2D eigenvalue weighted by molar-refractivity contribution is 8.00. The van der Waals surface area contributed by atoms with Gasteiger partial charge in [0.1, 0.15) is 0 Å². The van der Waals surface area contributed by atoms with Crippen molar-refractivity contribution in [2.24, 2.45) is 0 Å². The summed E-state index contributed by atoms with van der Waals surface area (Å²) in [6, 6.07) is 0. The Morgan fingerprint density at radius 2 is 2.06 bits per heavy atom. The summed E-state index contributed by atoms with van der Waals surface area (Å²) in [7, 11) is 0. The first-order chi connectivity index (χ1) is 8.12. The molecule has 0 aromatic heterocycles. The zero-order chi connectivity index (χ0) is 12.7. The van der Waals surface area contributed by atoms with Gasteiger partial charge in [0.15, 0.2) is 0 Å². The van der Waals surface area contributed by atoms with Crippen molar-refractivity contribution >= 4 is 23.6 Å². The summed E-state index contributed by atoms with van der Waals surface area (Å²) in [6.45, 7) is 2.85. The van der Waals surface area contributed by atoms with Gasteiger partial charge in [-0.1, -0.05) is 6.42 Å². The average Bonchev–Trinajstić information content (AvgIpc) is 2.26. The van der Waals surface area contributed by atoms with Gasteiger partial charge in [0.25, 0.3) is 0 Å². The molecule has 0 unspecified atom stereocenters. The molecule has 1 fully saturated rings. The molecule has 0 atom stereocenters. The first kappa shape index (κ1) is 14.4. The van der Waals surface area contributed by atoms with E-state index in [1.165, 1.54) is 19.3 Å². The topological polar surface area (TPSA) is 55.4 Å². The Bertz CT molecular complexity index is 271. The van der Waals surface area contributed by atoms with E-state index >= 15 is 0 Å². The summed E-state index contributed by atoms with van der Waals surface area (Å²) in [5, 5.41) is 2.91. The van der Waals surface area contributed by atoms with E-state index in [9.17, 15) is 9.59 Å². The van der Waals surface area contributed by atoms with Gasteiger partial charge in [0, 0.05) is 17.7 Å². The van der Waals surface area contributed by atoms with Gasteiger partial charge in [-0.3, -0.25) is 9.59 Å². The van der Waals surface area contributed by atoms with Gasteiger partial charge in [-0.05, 0) is 26.0 Å². The third kappa shape index (κ3) is 4.58. The zero-order valence-corrected chi connectivity index (χ0v) is 11.4. The number of hydrogen-bond acceptors (Lipinski definition) is 4. The Balaban J connectivity index is 2.15. The first-order valence-corrected chi connectivity index (χ1v) is 7.32. The van der Waals surface area contributed by atoms with E-state index in [2.05, 4.69) is 11.6 Å². The van der Waals surface area contributed by atoms with Gasteiger partial charge in [-0.15, -0.1) is 0 Å². The highest BCUT2D eigenvalue weighted by atomic mass is 32.2. The van der Waals surface area contributed by atoms with Crippen LogP contribution in [-0.4, -0.2) is 36.0 Å². The molecule has 0 saturated heterocycles. The lowest BCUT2D eigenvalue weighted by molar-refractivity contribution is -0.144. The van der Waals surface area contributed by atoms with Crippen LogP contribution in [0.2, 0.25) is 0 Å². The smallest absolute Gasteiger partial charge is 0.306 e. The number of hydrogen-bond donors (Lipinski definition) is 1. The Labute approximate surface area is 107 Å². The van der Waals surface area contributed by atoms with Crippen molar-refractivity contribution in [1.29, 1.82) is 0 Å². The molecule has 1 aliphatic carbocycles. The molecule has 17 heavy (non-hydrogen) atoms. The summed E-state index contributed by atoms with van der Waals surface area (Å²) in [4.78, 5) is 22.6. The molecule has 98 valence electrons. The second kappa shape index (κ2) is 6.89. The van der Waals surface area contributed by atoms with Crippen LogP contribution in [0, 0.1) is 0 Å². The number of thioether (sulfide) groups is 1. The van der Waals surface area contributed by atoms with Crippen molar-refractivity contribution in [3.63, 3.8) is 0 Å². The number of carbonyl (C=O) groups excluding carboxylic acids is 2. The van der Waals surface area contributed by atoms with Crippen molar-refractivity contribution in [2.45, 2.75) is 43.8 Å². The van der Waals surface area contributed by atoms with Crippen molar-refractivity contribution < 1.29 is 14.3 Å². The van der Waals surface area contributed by atoms with Gasteiger partial charge in [-0.25, -0.2) is 0 Å². The van der Waals surface area contributed by atoms with Crippen LogP contribution >= 0.6 is 11.8 Å². The maximum atomic E-state index is 11.5. The van der Waals surface area contributed by atoms with Crippen molar-refractivity contribution in [3.8, 4) is 0 Å². The van der Waals surface area contributed by atoms with Gasteiger partial charge >= 0.3 is 5.97 Å². The second-order valence-electron chi connectivity index (χ2n) is 4.32. The van der Waals surface area contributed by atoms with E-state index < -0.39 is 0 Å². The van der Waals surface area contributed by atoms with E-state index in [0.29, 0.717) is 6.61 Å². The Kier molecular flexibility index (Phi) is 5.82. The number of amides is 1. The molecule has 0 bridgehead atoms. The number of carbonyl (C=O) groups is 2. The Hall–Kier alpha value is -0.710. The monoisotopic (exact) mass is 259 g/mol. The normalized spacial score (nSPS) is 17.1. The molecule has 0 heterocycles. The minimum Gasteiger partial charge on any atom is -0.466 e. The van der Waals surface area contributed by atoms with E-state index in [1.807, 2.05) is 11.8 Å². The van der Waals surface area contributed by atoms with Gasteiger partial charge < -0.3 is 10.1 Å². The van der Waals surface area contributed by atoms with Crippen LogP contribution in [0.15, 0.2) is 0 Å². The maximum Gasteiger partial charge on any atom is 0.306 e. The van der Waals surface area contributed by atoms with Gasteiger partial charge in [0.2, 0.25) is 5.91 Å². The summed E-state index contributed by atoms with van der Waals surface area (Å²) >= 11 is 1.83. The molecule has 1 N–H and O–H groups in total. The first-order valence-electron chi connectivity index (χ1n) is 6.09. The number of rotatable bonds is 7. The van der Waals surface area contributed by atoms with Crippen molar-refractivity contribution in [2.75, 3.05) is 19.4 Å². The lowest BCUT2D eigenvalue weighted by Crippen LogP contribution is -2.45. The Morgan fingerprint density at radius 3 is 2.53 bits per heavy atom. The molecule has 4 nitrogen and oxygen atoms in total. The van der Waals surface area contributed by atoms with Gasteiger partial charge in [0.05, 0.1) is 13.0 Å². The molecular formula is C12H21NO3S. The lowest BCUT2D eigenvalue weighted by Gasteiger charge is -2.40. The molecular weight excluding hydrogens is 238 g/mol. The fourth-order valence-corrected chi connectivity index (χ4v) is 2.73. The van der Waals surface area contributed by atoms with Gasteiger partial charge in [-0.2, -0.15) is 11.8 Å². The predicted molar refractivity (Wildman–Crippen MR) is 69.0 cm³/mol. The SMILES string of the molecule is CCOC(=O)CCC(=O)NCC1(SC)CCC1. The minimum absolute atomic E-state index is 0.0571. The molecule has 1 saturated carbocycles. The van der Waals surface area contributed by atoms with E-state index in [-0.39, 0.29) is 29.5 Å². The highest BCUT2D eigenvalue weighted by Gasteiger charge is 2.36. The van der Waals surface area contributed by atoms with Crippen LogP contribution in [-0.2, 0) is 14.3 Å². The number of esters is 1. The van der Waals surface area contributed by atoms with Crippen LogP contribution in [0.1, 0.15) is 39.0 Å². The fourth-order valence-electron chi connectivity index (χ4n) is 1.82.